The molecule has 0 radical (unpaired) electrons. The molecule has 0 fully saturated rings. The van der Waals surface area contributed by atoms with Crippen molar-refractivity contribution in [3.05, 3.63) is 77.1 Å². The lowest BCUT2D eigenvalue weighted by molar-refractivity contribution is -0.116. The Balaban J connectivity index is 1.73. The smallest absolute Gasteiger partial charge is 0.258 e. The second-order valence-corrected chi connectivity index (χ2v) is 7.29. The van der Waals surface area contributed by atoms with Gasteiger partial charge in [0.15, 0.2) is 0 Å². The van der Waals surface area contributed by atoms with Crippen molar-refractivity contribution in [2.75, 3.05) is 25.5 Å². The molecule has 0 saturated carbocycles. The quantitative estimate of drug-likeness (QED) is 0.603. The van der Waals surface area contributed by atoms with Crippen molar-refractivity contribution in [2.45, 2.75) is 27.3 Å². The average Bonchev–Trinajstić information content (AvgIpc) is 3.05. The van der Waals surface area contributed by atoms with Crippen LogP contribution in [0.15, 0.2) is 54.6 Å². The number of aromatic nitrogens is 2. The SMILES string of the molecule is CCN(CC(=O)Nc1cccc(OC)c1)C(=O)c1c(C)nn(Cc2ccccc2)c1C. The zero-order valence-corrected chi connectivity index (χ0v) is 18.4. The van der Waals surface area contributed by atoms with E-state index in [-0.39, 0.29) is 18.4 Å². The van der Waals surface area contributed by atoms with Crippen LogP contribution in [0.3, 0.4) is 0 Å². The highest BCUT2D eigenvalue weighted by Crippen LogP contribution is 2.19. The molecule has 0 bridgehead atoms. The van der Waals surface area contributed by atoms with E-state index in [9.17, 15) is 9.59 Å². The molecule has 162 valence electrons. The number of hydrogen-bond acceptors (Lipinski definition) is 4. The Morgan fingerprint density at radius 1 is 1.10 bits per heavy atom. The van der Waals surface area contributed by atoms with E-state index < -0.39 is 0 Å². The zero-order chi connectivity index (χ0) is 22.4. The minimum atomic E-state index is -0.268. The van der Waals surface area contributed by atoms with Crippen molar-refractivity contribution in [1.29, 1.82) is 0 Å². The van der Waals surface area contributed by atoms with E-state index in [1.165, 1.54) is 4.90 Å². The fourth-order valence-corrected chi connectivity index (χ4v) is 3.48. The summed E-state index contributed by atoms with van der Waals surface area (Å²) in [7, 11) is 1.57. The van der Waals surface area contributed by atoms with Crippen LogP contribution in [0.5, 0.6) is 5.75 Å². The average molecular weight is 421 g/mol. The topological polar surface area (TPSA) is 76.5 Å². The van der Waals surface area contributed by atoms with Crippen LogP contribution < -0.4 is 10.1 Å². The molecule has 2 aromatic carbocycles. The van der Waals surface area contributed by atoms with Crippen molar-refractivity contribution < 1.29 is 14.3 Å². The minimum absolute atomic E-state index is 0.0463. The number of methoxy groups -OCH3 is 1. The number of rotatable bonds is 8. The van der Waals surface area contributed by atoms with Crippen molar-refractivity contribution >= 4 is 17.5 Å². The maximum absolute atomic E-state index is 13.2. The van der Waals surface area contributed by atoms with E-state index in [2.05, 4.69) is 10.4 Å². The van der Waals surface area contributed by atoms with E-state index in [4.69, 9.17) is 4.74 Å². The van der Waals surface area contributed by atoms with Crippen molar-refractivity contribution in [1.82, 2.24) is 14.7 Å². The summed E-state index contributed by atoms with van der Waals surface area (Å²) in [4.78, 5) is 27.3. The van der Waals surface area contributed by atoms with Gasteiger partial charge in [-0.05, 0) is 38.5 Å². The van der Waals surface area contributed by atoms with E-state index in [1.54, 1.807) is 31.4 Å². The molecule has 1 aromatic heterocycles. The van der Waals surface area contributed by atoms with Gasteiger partial charge < -0.3 is 15.0 Å². The first-order chi connectivity index (χ1) is 14.9. The highest BCUT2D eigenvalue weighted by Gasteiger charge is 2.24. The summed E-state index contributed by atoms with van der Waals surface area (Å²) in [6.07, 6.45) is 0. The molecule has 3 rings (SSSR count). The van der Waals surface area contributed by atoms with Gasteiger partial charge in [-0.1, -0.05) is 36.4 Å². The lowest BCUT2D eigenvalue weighted by Gasteiger charge is -2.21. The molecule has 31 heavy (non-hydrogen) atoms. The predicted molar refractivity (Wildman–Crippen MR) is 120 cm³/mol. The molecule has 0 aliphatic heterocycles. The first kappa shape index (κ1) is 22.1. The molecule has 1 N–H and O–H groups in total. The number of amides is 2. The monoisotopic (exact) mass is 420 g/mol. The second kappa shape index (κ2) is 9.93. The first-order valence-corrected chi connectivity index (χ1v) is 10.2. The highest BCUT2D eigenvalue weighted by atomic mass is 16.5. The van der Waals surface area contributed by atoms with Gasteiger partial charge in [0.2, 0.25) is 5.91 Å². The van der Waals surface area contributed by atoms with Gasteiger partial charge in [-0.25, -0.2) is 0 Å². The van der Waals surface area contributed by atoms with E-state index in [0.717, 1.165) is 11.3 Å². The van der Waals surface area contributed by atoms with Crippen molar-refractivity contribution in [3.63, 3.8) is 0 Å². The molecule has 7 heteroatoms. The number of likely N-dealkylation sites (N-methyl/N-ethyl adjacent to an activating group) is 1. The van der Waals surface area contributed by atoms with Gasteiger partial charge >= 0.3 is 0 Å². The Bertz CT molecular complexity index is 1060. The number of nitrogens with zero attached hydrogens (tertiary/aromatic N) is 3. The Labute approximate surface area is 182 Å². The third kappa shape index (κ3) is 5.31. The third-order valence-corrected chi connectivity index (χ3v) is 5.13. The predicted octanol–water partition coefficient (Wildman–Crippen LogP) is 3.66. The van der Waals surface area contributed by atoms with Gasteiger partial charge in [0.05, 0.1) is 24.9 Å². The normalized spacial score (nSPS) is 10.6. The van der Waals surface area contributed by atoms with Gasteiger partial charge in [0.25, 0.3) is 5.91 Å². The maximum Gasteiger partial charge on any atom is 0.258 e. The summed E-state index contributed by atoms with van der Waals surface area (Å²) < 4.78 is 7.02. The third-order valence-electron chi connectivity index (χ3n) is 5.13. The number of aryl methyl sites for hydroxylation is 1. The van der Waals surface area contributed by atoms with Crippen molar-refractivity contribution in [3.8, 4) is 5.75 Å². The molecule has 0 saturated heterocycles. The number of ether oxygens (including phenoxy) is 1. The van der Waals surface area contributed by atoms with Crippen LogP contribution in [0.4, 0.5) is 5.69 Å². The molecule has 2 amide bonds. The highest BCUT2D eigenvalue weighted by molar-refractivity contribution is 6.00. The number of anilines is 1. The molecule has 7 nitrogen and oxygen atoms in total. The lowest BCUT2D eigenvalue weighted by atomic mass is 10.1. The van der Waals surface area contributed by atoms with E-state index in [0.29, 0.717) is 35.8 Å². The molecule has 0 unspecified atom stereocenters. The van der Waals surface area contributed by atoms with Crippen LogP contribution in [0.1, 0.15) is 34.2 Å². The fourth-order valence-electron chi connectivity index (χ4n) is 3.48. The molecule has 0 aliphatic carbocycles. The minimum Gasteiger partial charge on any atom is -0.497 e. The maximum atomic E-state index is 13.2. The molecule has 1 heterocycles. The number of hydrogen-bond donors (Lipinski definition) is 1. The largest absolute Gasteiger partial charge is 0.497 e. The number of carbonyl (C=O) groups is 2. The Hall–Kier alpha value is -3.61. The van der Waals surface area contributed by atoms with E-state index >= 15 is 0 Å². The molecular weight excluding hydrogens is 392 g/mol. The lowest BCUT2D eigenvalue weighted by Crippen LogP contribution is -2.38. The number of carbonyl (C=O) groups excluding carboxylic acids is 2. The van der Waals surface area contributed by atoms with Gasteiger partial charge in [0, 0.05) is 24.0 Å². The van der Waals surface area contributed by atoms with Gasteiger partial charge in [-0.2, -0.15) is 5.10 Å². The molecule has 3 aromatic rings. The summed E-state index contributed by atoms with van der Waals surface area (Å²) in [6, 6.07) is 17.1. The Morgan fingerprint density at radius 2 is 1.84 bits per heavy atom. The molecule has 0 spiro atoms. The molecule has 0 atom stereocenters. The summed E-state index contributed by atoms with van der Waals surface area (Å²) in [5, 5.41) is 7.39. The van der Waals surface area contributed by atoms with Gasteiger partial charge in [-0.3, -0.25) is 14.3 Å². The molecular formula is C24H28N4O3. The summed E-state index contributed by atoms with van der Waals surface area (Å²) in [5.74, 6) is 0.186. The summed E-state index contributed by atoms with van der Waals surface area (Å²) in [6.45, 7) is 6.52. The van der Waals surface area contributed by atoms with Crippen LogP contribution in [-0.2, 0) is 11.3 Å². The summed E-state index contributed by atoms with van der Waals surface area (Å²) >= 11 is 0. The number of benzene rings is 2. The standard InChI is InChI=1S/C24H28N4O3/c1-5-27(16-22(29)25-20-12-9-13-21(14-20)31-4)24(30)23-17(2)26-28(18(23)3)15-19-10-7-6-8-11-19/h6-14H,5,15-16H2,1-4H3,(H,25,29). The van der Waals surface area contributed by atoms with Crippen LogP contribution >= 0.6 is 0 Å². The Morgan fingerprint density at radius 3 is 2.52 bits per heavy atom. The second-order valence-electron chi connectivity index (χ2n) is 7.29. The van der Waals surface area contributed by atoms with Crippen LogP contribution in [0.2, 0.25) is 0 Å². The van der Waals surface area contributed by atoms with E-state index in [1.807, 2.05) is 55.8 Å². The molecule has 0 aliphatic rings. The first-order valence-electron chi connectivity index (χ1n) is 10.2. The van der Waals surface area contributed by atoms with Crippen molar-refractivity contribution in [2.24, 2.45) is 0 Å². The number of nitrogens with one attached hydrogen (secondary N) is 1. The zero-order valence-electron chi connectivity index (χ0n) is 18.4. The summed E-state index contributed by atoms with van der Waals surface area (Å²) in [5.41, 5.74) is 3.73. The van der Waals surface area contributed by atoms with Gasteiger partial charge in [-0.15, -0.1) is 0 Å². The fraction of sp³-hybridized carbons (Fsp3) is 0.292. The van der Waals surface area contributed by atoms with Crippen LogP contribution in [0.25, 0.3) is 0 Å². The van der Waals surface area contributed by atoms with Crippen LogP contribution in [0, 0.1) is 13.8 Å². The Kier molecular flexibility index (Phi) is 7.07. The van der Waals surface area contributed by atoms with Gasteiger partial charge in [0.1, 0.15) is 12.3 Å². The van der Waals surface area contributed by atoms with Crippen LogP contribution in [-0.4, -0.2) is 46.7 Å².